The fourth-order valence-corrected chi connectivity index (χ4v) is 3.84. The Morgan fingerprint density at radius 1 is 1.21 bits per heavy atom. The van der Waals surface area contributed by atoms with Gasteiger partial charge in [0, 0.05) is 5.92 Å². The van der Waals surface area contributed by atoms with Gasteiger partial charge in [-0.2, -0.15) is 0 Å². The van der Waals surface area contributed by atoms with E-state index in [0.29, 0.717) is 0 Å². The minimum absolute atomic E-state index is 0.206. The number of aliphatic hydroxyl groups is 3. The van der Waals surface area contributed by atoms with Gasteiger partial charge in [-0.1, -0.05) is 26.2 Å². The molecule has 3 aliphatic heterocycles. The average Bonchev–Trinajstić information content (AvgIpc) is 2.50. The molecule has 0 aliphatic carbocycles. The summed E-state index contributed by atoms with van der Waals surface area (Å²) in [5.41, 5.74) is -0.420. The first-order valence-electron chi connectivity index (χ1n) is 9.16. The van der Waals surface area contributed by atoms with Gasteiger partial charge in [0.05, 0.1) is 37.1 Å². The maximum atomic E-state index is 10.7. The maximum absolute atomic E-state index is 10.7. The van der Waals surface area contributed by atoms with Gasteiger partial charge in [0.1, 0.15) is 6.10 Å². The van der Waals surface area contributed by atoms with Crippen LogP contribution in [-0.2, 0) is 14.2 Å². The van der Waals surface area contributed by atoms with Crippen LogP contribution in [0.15, 0.2) is 0 Å². The fourth-order valence-electron chi connectivity index (χ4n) is 3.84. The molecule has 3 heterocycles. The van der Waals surface area contributed by atoms with Crippen LogP contribution in [0.4, 0.5) is 0 Å². The topological polar surface area (TPSA) is 88.4 Å². The molecule has 0 aromatic heterocycles. The number of fused-ring (bicyclic) bond motifs is 8. The summed E-state index contributed by atoms with van der Waals surface area (Å²) in [4.78, 5) is 0. The van der Waals surface area contributed by atoms with Crippen molar-refractivity contribution in [3.8, 4) is 0 Å². The third-order valence-electron chi connectivity index (χ3n) is 5.18. The molecule has 142 valence electrons. The summed E-state index contributed by atoms with van der Waals surface area (Å²) in [6, 6.07) is 0. The Bertz CT molecular complexity index is 386. The van der Waals surface area contributed by atoms with Crippen molar-refractivity contribution in [3.63, 3.8) is 0 Å². The molecule has 2 bridgehead atoms. The maximum Gasteiger partial charge on any atom is 0.187 e. The smallest absolute Gasteiger partial charge is 0.187 e. The normalized spacial score (nSPS) is 41.6. The highest BCUT2D eigenvalue weighted by Crippen LogP contribution is 2.37. The Morgan fingerprint density at radius 3 is 2.58 bits per heavy atom. The predicted octanol–water partition coefficient (Wildman–Crippen LogP) is 1.45. The number of hydrogen-bond acceptors (Lipinski definition) is 6. The first kappa shape index (κ1) is 20.1. The van der Waals surface area contributed by atoms with Crippen molar-refractivity contribution >= 4 is 0 Å². The Morgan fingerprint density at radius 2 is 1.92 bits per heavy atom. The van der Waals surface area contributed by atoms with Crippen LogP contribution < -0.4 is 0 Å². The lowest BCUT2D eigenvalue weighted by molar-refractivity contribution is -0.320. The van der Waals surface area contributed by atoms with Crippen LogP contribution in [0.3, 0.4) is 0 Å². The Kier molecular flexibility index (Phi) is 7.05. The van der Waals surface area contributed by atoms with Gasteiger partial charge in [-0.25, -0.2) is 0 Å². The molecular formula is C18H34O6. The molecule has 3 aliphatic rings. The summed E-state index contributed by atoms with van der Waals surface area (Å²) in [5.74, 6) is -0.00739. The van der Waals surface area contributed by atoms with E-state index in [9.17, 15) is 15.3 Å². The molecule has 0 saturated carbocycles. The first-order valence-corrected chi connectivity index (χ1v) is 9.16. The molecule has 3 fully saturated rings. The molecule has 3 rings (SSSR count). The van der Waals surface area contributed by atoms with Crippen molar-refractivity contribution in [1.29, 1.82) is 0 Å². The molecule has 6 heteroatoms. The van der Waals surface area contributed by atoms with Gasteiger partial charge in [-0.15, -0.1) is 0 Å². The molecule has 6 nitrogen and oxygen atoms in total. The fraction of sp³-hybridized carbons (Fsp3) is 1.00. The lowest BCUT2D eigenvalue weighted by Gasteiger charge is -2.46. The summed E-state index contributed by atoms with van der Waals surface area (Å²) >= 11 is 0. The van der Waals surface area contributed by atoms with E-state index in [4.69, 9.17) is 14.2 Å². The highest BCUT2D eigenvalue weighted by Gasteiger charge is 2.48. The van der Waals surface area contributed by atoms with Crippen LogP contribution in [0.2, 0.25) is 0 Å². The zero-order valence-corrected chi connectivity index (χ0v) is 15.4. The number of hydrogen-bond donors (Lipinski definition) is 3. The second-order valence-electron chi connectivity index (χ2n) is 8.09. The quantitative estimate of drug-likeness (QED) is 0.714. The van der Waals surface area contributed by atoms with Gasteiger partial charge < -0.3 is 29.5 Å². The van der Waals surface area contributed by atoms with E-state index in [0.717, 1.165) is 25.7 Å². The zero-order chi connectivity index (χ0) is 17.9. The van der Waals surface area contributed by atoms with Crippen molar-refractivity contribution in [1.82, 2.24) is 0 Å². The van der Waals surface area contributed by atoms with Crippen LogP contribution >= 0.6 is 0 Å². The van der Waals surface area contributed by atoms with Crippen LogP contribution in [0, 0.1) is 11.8 Å². The molecule has 0 aromatic carbocycles. The van der Waals surface area contributed by atoms with Crippen LogP contribution in [0.25, 0.3) is 0 Å². The van der Waals surface area contributed by atoms with Crippen molar-refractivity contribution in [2.45, 2.75) is 89.7 Å². The summed E-state index contributed by atoms with van der Waals surface area (Å²) in [6.45, 7) is 8.22. The van der Waals surface area contributed by atoms with E-state index >= 15 is 0 Å². The number of ether oxygens (including phenoxy) is 3. The lowest BCUT2D eigenvalue weighted by Crippen LogP contribution is -2.59. The van der Waals surface area contributed by atoms with Gasteiger partial charge in [-0.05, 0) is 33.1 Å². The molecule has 3 saturated heterocycles. The van der Waals surface area contributed by atoms with Gasteiger partial charge in [0.15, 0.2) is 6.29 Å². The summed E-state index contributed by atoms with van der Waals surface area (Å²) in [7, 11) is 0. The first-order chi connectivity index (χ1) is 11.2. The number of rotatable bonds is 4. The molecule has 0 spiro atoms. The largest absolute Gasteiger partial charge is 0.391 e. The second-order valence-corrected chi connectivity index (χ2v) is 8.09. The van der Waals surface area contributed by atoms with Crippen LogP contribution in [0.1, 0.15) is 53.4 Å². The van der Waals surface area contributed by atoms with E-state index in [1.165, 1.54) is 0 Å². The van der Waals surface area contributed by atoms with Crippen LogP contribution in [-0.4, -0.2) is 64.8 Å². The highest BCUT2D eigenvalue weighted by atomic mass is 16.7. The summed E-state index contributed by atoms with van der Waals surface area (Å²) in [5, 5.41) is 30.5. The van der Waals surface area contributed by atoms with Crippen LogP contribution in [0.5, 0.6) is 0 Å². The molecule has 7 atom stereocenters. The summed E-state index contributed by atoms with van der Waals surface area (Å²) in [6.07, 6.45) is 0.198. The minimum Gasteiger partial charge on any atom is -0.391 e. The van der Waals surface area contributed by atoms with E-state index in [1.54, 1.807) is 6.92 Å². The molecule has 0 radical (unpaired) electrons. The molecule has 0 amide bonds. The van der Waals surface area contributed by atoms with Gasteiger partial charge >= 0.3 is 0 Å². The molecule has 3 N–H and O–H groups in total. The average molecular weight is 346 g/mol. The number of aliphatic hydroxyl groups excluding tert-OH is 3. The molecule has 7 unspecified atom stereocenters. The van der Waals surface area contributed by atoms with Gasteiger partial charge in [0.2, 0.25) is 0 Å². The van der Waals surface area contributed by atoms with Gasteiger partial charge in [0.25, 0.3) is 0 Å². The van der Waals surface area contributed by atoms with Crippen molar-refractivity contribution in [2.24, 2.45) is 11.8 Å². The van der Waals surface area contributed by atoms with E-state index in [2.05, 4.69) is 6.92 Å². The molecule has 24 heavy (non-hydrogen) atoms. The highest BCUT2D eigenvalue weighted by molar-refractivity contribution is 4.93. The van der Waals surface area contributed by atoms with Crippen molar-refractivity contribution in [2.75, 3.05) is 13.2 Å². The van der Waals surface area contributed by atoms with Gasteiger partial charge in [-0.3, -0.25) is 0 Å². The zero-order valence-electron chi connectivity index (χ0n) is 15.4. The third kappa shape index (κ3) is 5.13. The van der Waals surface area contributed by atoms with Crippen molar-refractivity contribution in [3.05, 3.63) is 0 Å². The monoisotopic (exact) mass is 346 g/mol. The summed E-state index contributed by atoms with van der Waals surface area (Å²) < 4.78 is 17.6. The molecular weight excluding hydrogens is 312 g/mol. The van der Waals surface area contributed by atoms with Crippen molar-refractivity contribution < 1.29 is 29.5 Å². The van der Waals surface area contributed by atoms with E-state index in [1.807, 2.05) is 13.8 Å². The Balaban J connectivity index is 2.18. The predicted molar refractivity (Wildman–Crippen MR) is 89.5 cm³/mol. The second kappa shape index (κ2) is 8.43. The van der Waals surface area contributed by atoms with E-state index < -0.39 is 30.2 Å². The Hall–Kier alpha value is -0.240. The third-order valence-corrected chi connectivity index (χ3v) is 5.18. The lowest BCUT2D eigenvalue weighted by atomic mass is 9.78. The Labute approximate surface area is 145 Å². The molecule has 0 aromatic rings. The SMILES string of the molecule is CC(O)COCC1OC2OC(C)(C)CCCCC(C)C1C(O)C2O. The minimum atomic E-state index is -1.07. The van der Waals surface area contributed by atoms with E-state index in [-0.39, 0.29) is 31.2 Å². The standard InChI is InChI=1S/C18H34O6/c1-11-7-5-6-8-18(3,4)24-17-16(21)15(20)14(11)13(23-17)10-22-9-12(2)19/h11-17,19-21H,5-10H2,1-4H3.